The van der Waals surface area contributed by atoms with E-state index >= 15 is 0 Å². The fourth-order valence-corrected chi connectivity index (χ4v) is 2.47. The van der Waals surface area contributed by atoms with E-state index in [4.69, 9.17) is 0 Å². The van der Waals surface area contributed by atoms with Crippen LogP contribution in [0.4, 0.5) is 8.78 Å². The van der Waals surface area contributed by atoms with Crippen LogP contribution in [0.25, 0.3) is 0 Å². The lowest BCUT2D eigenvalue weighted by atomic mass is 10.0. The van der Waals surface area contributed by atoms with Crippen molar-refractivity contribution >= 4 is 0 Å². The summed E-state index contributed by atoms with van der Waals surface area (Å²) in [5, 5.41) is 3.24. The first-order chi connectivity index (χ1) is 8.61. The van der Waals surface area contributed by atoms with Crippen LogP contribution in [0.1, 0.15) is 31.9 Å². The minimum atomic E-state index is -0.500. The molecule has 0 spiro atoms. The summed E-state index contributed by atoms with van der Waals surface area (Å²) >= 11 is 0. The van der Waals surface area contributed by atoms with Gasteiger partial charge in [0.15, 0.2) is 0 Å². The Balaban J connectivity index is 2.17. The number of halogens is 2. The van der Waals surface area contributed by atoms with E-state index in [0.717, 1.165) is 32.1 Å². The van der Waals surface area contributed by atoms with Gasteiger partial charge in [0.05, 0.1) is 0 Å². The minimum Gasteiger partial charge on any atom is -0.314 e. The topological polar surface area (TPSA) is 15.3 Å². The van der Waals surface area contributed by atoms with Gasteiger partial charge in [-0.1, -0.05) is 6.92 Å². The second-order valence-electron chi connectivity index (χ2n) is 4.93. The molecule has 1 heterocycles. The first-order valence-electron chi connectivity index (χ1n) is 6.54. The number of benzene rings is 1. The number of rotatable bonds is 5. The van der Waals surface area contributed by atoms with Gasteiger partial charge in [0.2, 0.25) is 0 Å². The molecule has 1 unspecified atom stereocenters. The summed E-state index contributed by atoms with van der Waals surface area (Å²) in [5.41, 5.74) is 0.716. The van der Waals surface area contributed by atoms with Crippen LogP contribution in [-0.4, -0.2) is 30.6 Å². The molecule has 2 nitrogen and oxygen atoms in total. The maximum atomic E-state index is 13.3. The Kier molecular flexibility index (Phi) is 4.30. The highest BCUT2D eigenvalue weighted by Gasteiger charge is 2.28. The summed E-state index contributed by atoms with van der Waals surface area (Å²) in [6, 6.07) is 4.31. The molecule has 1 fully saturated rings. The van der Waals surface area contributed by atoms with Crippen LogP contribution < -0.4 is 5.32 Å². The van der Waals surface area contributed by atoms with Crippen molar-refractivity contribution in [3.05, 3.63) is 35.4 Å². The Hall–Kier alpha value is -1.00. The summed E-state index contributed by atoms with van der Waals surface area (Å²) in [5.74, 6) is -1.000. The van der Waals surface area contributed by atoms with Crippen LogP contribution in [0.2, 0.25) is 0 Å². The summed E-state index contributed by atoms with van der Waals surface area (Å²) in [6.45, 7) is 7.01. The highest BCUT2D eigenvalue weighted by atomic mass is 19.1. The van der Waals surface area contributed by atoms with Crippen LogP contribution in [0, 0.1) is 11.6 Å². The van der Waals surface area contributed by atoms with Gasteiger partial charge in [-0.05, 0) is 37.6 Å². The van der Waals surface area contributed by atoms with Gasteiger partial charge < -0.3 is 5.32 Å². The molecule has 2 rings (SSSR count). The summed E-state index contributed by atoms with van der Waals surface area (Å²) < 4.78 is 26.5. The van der Waals surface area contributed by atoms with Gasteiger partial charge in [-0.15, -0.1) is 0 Å². The molecule has 18 heavy (non-hydrogen) atoms. The number of nitrogens with zero attached hydrogens (tertiary/aromatic N) is 1. The van der Waals surface area contributed by atoms with Crippen LogP contribution in [-0.2, 0) is 0 Å². The van der Waals surface area contributed by atoms with Crippen LogP contribution >= 0.6 is 0 Å². The lowest BCUT2D eigenvalue weighted by Crippen LogP contribution is -2.57. The molecule has 1 aromatic carbocycles. The Morgan fingerprint density at radius 3 is 2.33 bits per heavy atom. The van der Waals surface area contributed by atoms with Crippen LogP contribution in [0.5, 0.6) is 0 Å². The first kappa shape index (κ1) is 13.4. The summed E-state index contributed by atoms with van der Waals surface area (Å²) in [4.78, 5) is 2.32. The van der Waals surface area contributed by atoms with Gasteiger partial charge in [-0.25, -0.2) is 8.78 Å². The highest BCUT2D eigenvalue weighted by Crippen LogP contribution is 2.25. The Labute approximate surface area is 107 Å². The lowest BCUT2D eigenvalue weighted by Gasteiger charge is -2.42. The largest absolute Gasteiger partial charge is 0.314 e. The predicted octanol–water partition coefficient (Wildman–Crippen LogP) is 2.71. The third-order valence-electron chi connectivity index (χ3n) is 3.58. The van der Waals surface area contributed by atoms with Crippen molar-refractivity contribution in [2.24, 2.45) is 0 Å². The van der Waals surface area contributed by atoms with Crippen molar-refractivity contribution in [3.8, 4) is 0 Å². The van der Waals surface area contributed by atoms with E-state index in [1.165, 1.54) is 12.1 Å². The molecule has 0 bridgehead atoms. The Morgan fingerprint density at radius 2 is 1.89 bits per heavy atom. The smallest absolute Gasteiger partial charge is 0.126 e. The molecule has 1 aromatic rings. The molecule has 0 radical (unpaired) electrons. The van der Waals surface area contributed by atoms with Gasteiger partial charge in [-0.2, -0.15) is 0 Å². The summed E-state index contributed by atoms with van der Waals surface area (Å²) in [6.07, 6.45) is 1.04. The van der Waals surface area contributed by atoms with E-state index in [1.807, 2.05) is 6.92 Å². The van der Waals surface area contributed by atoms with Crippen LogP contribution in [0.15, 0.2) is 18.2 Å². The minimum absolute atomic E-state index is 0.0437. The summed E-state index contributed by atoms with van der Waals surface area (Å²) in [7, 11) is 0. The highest BCUT2D eigenvalue weighted by molar-refractivity contribution is 5.21. The molecule has 4 heteroatoms. The van der Waals surface area contributed by atoms with E-state index < -0.39 is 11.6 Å². The maximum Gasteiger partial charge on any atom is 0.126 e. The SMILES string of the molecule is CCCN(C1CNC1)C(C)c1cc(F)cc(F)c1. The lowest BCUT2D eigenvalue weighted by molar-refractivity contribution is 0.102. The fraction of sp³-hybridized carbons (Fsp3) is 0.571. The zero-order chi connectivity index (χ0) is 13.1. The second kappa shape index (κ2) is 5.76. The molecule has 1 atom stereocenters. The zero-order valence-corrected chi connectivity index (χ0v) is 10.9. The molecule has 0 saturated carbocycles. The normalized spacial score (nSPS) is 17.8. The monoisotopic (exact) mass is 254 g/mol. The van der Waals surface area contributed by atoms with Crippen LogP contribution in [0.3, 0.4) is 0 Å². The zero-order valence-electron chi connectivity index (χ0n) is 10.9. The first-order valence-corrected chi connectivity index (χ1v) is 6.54. The van der Waals surface area contributed by atoms with Gasteiger partial charge >= 0.3 is 0 Å². The third kappa shape index (κ3) is 2.87. The molecule has 100 valence electrons. The van der Waals surface area contributed by atoms with E-state index in [1.54, 1.807) is 0 Å². The number of hydrogen-bond donors (Lipinski definition) is 1. The van der Waals surface area contributed by atoms with Gasteiger partial charge in [0, 0.05) is 31.2 Å². The van der Waals surface area contributed by atoms with Crippen molar-refractivity contribution < 1.29 is 8.78 Å². The number of nitrogens with one attached hydrogen (secondary N) is 1. The molecule has 0 aromatic heterocycles. The average Bonchev–Trinajstić information content (AvgIpc) is 2.23. The molecular weight excluding hydrogens is 234 g/mol. The molecule has 1 aliphatic rings. The molecule has 1 N–H and O–H groups in total. The third-order valence-corrected chi connectivity index (χ3v) is 3.58. The van der Waals surface area contributed by atoms with Crippen molar-refractivity contribution in [1.29, 1.82) is 0 Å². The Morgan fingerprint density at radius 1 is 1.28 bits per heavy atom. The molecule has 0 amide bonds. The maximum absolute atomic E-state index is 13.3. The van der Waals surface area contributed by atoms with E-state index in [-0.39, 0.29) is 6.04 Å². The standard InChI is InChI=1S/C14H20F2N2/c1-3-4-18(14-8-17-9-14)10(2)11-5-12(15)7-13(16)6-11/h5-7,10,14,17H,3-4,8-9H2,1-2H3. The quantitative estimate of drug-likeness (QED) is 0.869. The van der Waals surface area contributed by atoms with E-state index in [0.29, 0.717) is 11.6 Å². The van der Waals surface area contributed by atoms with Gasteiger partial charge in [0.25, 0.3) is 0 Å². The van der Waals surface area contributed by atoms with Crippen molar-refractivity contribution in [1.82, 2.24) is 10.2 Å². The number of hydrogen-bond acceptors (Lipinski definition) is 2. The van der Waals surface area contributed by atoms with E-state index in [2.05, 4.69) is 17.1 Å². The molecule has 1 aliphatic heterocycles. The van der Waals surface area contributed by atoms with Crippen molar-refractivity contribution in [2.75, 3.05) is 19.6 Å². The van der Waals surface area contributed by atoms with E-state index in [9.17, 15) is 8.78 Å². The predicted molar refractivity (Wildman–Crippen MR) is 68.4 cm³/mol. The molecular formula is C14H20F2N2. The molecule has 1 saturated heterocycles. The van der Waals surface area contributed by atoms with Gasteiger partial charge in [-0.3, -0.25) is 4.90 Å². The van der Waals surface area contributed by atoms with Crippen molar-refractivity contribution in [3.63, 3.8) is 0 Å². The second-order valence-corrected chi connectivity index (χ2v) is 4.93. The Bertz CT molecular complexity index is 385. The van der Waals surface area contributed by atoms with Crippen molar-refractivity contribution in [2.45, 2.75) is 32.4 Å². The fourth-order valence-electron chi connectivity index (χ4n) is 2.47. The molecule has 0 aliphatic carbocycles. The average molecular weight is 254 g/mol. The van der Waals surface area contributed by atoms with Gasteiger partial charge in [0.1, 0.15) is 11.6 Å².